The Morgan fingerprint density at radius 2 is 1.96 bits per heavy atom. The Balaban J connectivity index is 1.23. The maximum Gasteiger partial charge on any atom is 0.163 e. The fraction of sp³-hybridized carbons (Fsp3) is 0.526. The smallest absolute Gasteiger partial charge is 0.163 e. The molecule has 1 aliphatic carbocycles. The minimum atomic E-state index is 0.431. The van der Waals surface area contributed by atoms with E-state index in [1.54, 1.807) is 12.1 Å². The largest absolute Gasteiger partial charge is 0.372 e. The standard InChI is InChI=1S/C19H22Cl2N2O2/c1-19(2)14-9-23(10-15(14)19)5-6-24-11-13-8-18(22-25-13)12-3-4-16(20)17(21)7-12/h3-4,7-8,14-15H,5-6,9-11H2,1-2H3. The highest BCUT2D eigenvalue weighted by Gasteiger charge is 2.61. The van der Waals surface area contributed by atoms with E-state index in [2.05, 4.69) is 23.9 Å². The van der Waals surface area contributed by atoms with Gasteiger partial charge in [-0.25, -0.2) is 0 Å². The van der Waals surface area contributed by atoms with Crippen molar-refractivity contribution in [3.63, 3.8) is 0 Å². The van der Waals surface area contributed by atoms with Gasteiger partial charge in [0.05, 0.1) is 16.7 Å². The highest BCUT2D eigenvalue weighted by atomic mass is 35.5. The van der Waals surface area contributed by atoms with E-state index in [4.69, 9.17) is 32.5 Å². The summed E-state index contributed by atoms with van der Waals surface area (Å²) in [5.41, 5.74) is 2.18. The van der Waals surface area contributed by atoms with E-state index in [0.717, 1.165) is 29.6 Å². The van der Waals surface area contributed by atoms with Crippen molar-refractivity contribution in [1.82, 2.24) is 10.1 Å². The number of nitrogens with zero attached hydrogens (tertiary/aromatic N) is 2. The molecule has 0 spiro atoms. The van der Waals surface area contributed by atoms with E-state index in [1.807, 2.05) is 12.1 Å². The van der Waals surface area contributed by atoms with Gasteiger partial charge in [-0.1, -0.05) is 48.3 Å². The highest BCUT2D eigenvalue weighted by molar-refractivity contribution is 6.42. The van der Waals surface area contributed by atoms with Crippen LogP contribution in [0.2, 0.25) is 10.0 Å². The molecule has 1 aliphatic heterocycles. The van der Waals surface area contributed by atoms with E-state index in [-0.39, 0.29) is 0 Å². The van der Waals surface area contributed by atoms with Gasteiger partial charge < -0.3 is 14.2 Å². The molecule has 25 heavy (non-hydrogen) atoms. The first-order valence-corrected chi connectivity index (χ1v) is 9.42. The number of halogens is 2. The van der Waals surface area contributed by atoms with E-state index >= 15 is 0 Å². The van der Waals surface area contributed by atoms with Gasteiger partial charge in [0.2, 0.25) is 0 Å². The average molecular weight is 381 g/mol. The third kappa shape index (κ3) is 3.45. The lowest BCUT2D eigenvalue weighted by atomic mass is 10.1. The van der Waals surface area contributed by atoms with Gasteiger partial charge in [0.25, 0.3) is 0 Å². The molecule has 134 valence electrons. The summed E-state index contributed by atoms with van der Waals surface area (Å²) in [6, 6.07) is 7.29. The highest BCUT2D eigenvalue weighted by Crippen LogP contribution is 2.61. The molecular formula is C19H22Cl2N2O2. The number of piperidine rings is 1. The van der Waals surface area contributed by atoms with Crippen molar-refractivity contribution in [2.75, 3.05) is 26.2 Å². The second-order valence-corrected chi connectivity index (χ2v) is 8.47. The molecule has 6 heteroatoms. The molecule has 2 aliphatic rings. The summed E-state index contributed by atoms with van der Waals surface area (Å²) in [6.07, 6.45) is 0. The molecule has 2 atom stereocenters. The Bertz CT molecular complexity index is 761. The van der Waals surface area contributed by atoms with Crippen LogP contribution in [0.4, 0.5) is 0 Å². The Labute approximate surface area is 158 Å². The number of rotatable bonds is 6. The SMILES string of the molecule is CC1(C)C2CN(CCOCc3cc(-c4ccc(Cl)c(Cl)c4)no3)CC21. The predicted molar refractivity (Wildman–Crippen MR) is 98.8 cm³/mol. The minimum absolute atomic E-state index is 0.431. The molecule has 1 saturated heterocycles. The number of fused-ring (bicyclic) bond motifs is 1. The number of likely N-dealkylation sites (tertiary alicyclic amines) is 1. The zero-order chi connectivity index (χ0) is 17.6. The molecular weight excluding hydrogens is 359 g/mol. The summed E-state index contributed by atoms with van der Waals surface area (Å²) in [5.74, 6) is 2.48. The molecule has 2 fully saturated rings. The summed E-state index contributed by atoms with van der Waals surface area (Å²) in [7, 11) is 0. The maximum absolute atomic E-state index is 6.05. The lowest BCUT2D eigenvalue weighted by molar-refractivity contribution is 0.0785. The van der Waals surface area contributed by atoms with Crippen molar-refractivity contribution in [1.29, 1.82) is 0 Å². The molecule has 1 aromatic heterocycles. The van der Waals surface area contributed by atoms with Crippen LogP contribution in [-0.2, 0) is 11.3 Å². The van der Waals surface area contributed by atoms with Gasteiger partial charge in [-0.05, 0) is 29.4 Å². The molecule has 0 radical (unpaired) electrons. The van der Waals surface area contributed by atoms with Gasteiger partial charge >= 0.3 is 0 Å². The van der Waals surface area contributed by atoms with E-state index in [1.165, 1.54) is 13.1 Å². The second-order valence-electron chi connectivity index (χ2n) is 7.65. The van der Waals surface area contributed by atoms with Crippen LogP contribution in [-0.4, -0.2) is 36.3 Å². The maximum atomic E-state index is 6.05. The van der Waals surface area contributed by atoms with Crippen LogP contribution >= 0.6 is 23.2 Å². The average Bonchev–Trinajstić information content (AvgIpc) is 3.03. The van der Waals surface area contributed by atoms with Gasteiger partial charge in [0.15, 0.2) is 5.76 Å². The fourth-order valence-electron chi connectivity index (χ4n) is 3.93. The summed E-state index contributed by atoms with van der Waals surface area (Å²) >= 11 is 12.0. The fourth-order valence-corrected chi connectivity index (χ4v) is 4.23. The van der Waals surface area contributed by atoms with Gasteiger partial charge in [0, 0.05) is 31.3 Å². The molecule has 0 bridgehead atoms. The number of hydrogen-bond donors (Lipinski definition) is 0. The number of ether oxygens (including phenoxy) is 1. The van der Waals surface area contributed by atoms with E-state index in [9.17, 15) is 0 Å². The zero-order valence-electron chi connectivity index (χ0n) is 14.5. The third-order valence-electron chi connectivity index (χ3n) is 5.77. The first-order valence-electron chi connectivity index (χ1n) is 8.66. The predicted octanol–water partition coefficient (Wildman–Crippen LogP) is 4.75. The van der Waals surface area contributed by atoms with Gasteiger partial charge in [0.1, 0.15) is 12.3 Å². The van der Waals surface area contributed by atoms with Crippen molar-refractivity contribution < 1.29 is 9.26 Å². The van der Waals surface area contributed by atoms with Crippen LogP contribution in [0.1, 0.15) is 19.6 Å². The number of benzene rings is 1. The van der Waals surface area contributed by atoms with Gasteiger partial charge in [-0.15, -0.1) is 0 Å². The molecule has 4 nitrogen and oxygen atoms in total. The lowest BCUT2D eigenvalue weighted by Crippen LogP contribution is -2.29. The van der Waals surface area contributed by atoms with Crippen LogP contribution in [0.3, 0.4) is 0 Å². The van der Waals surface area contributed by atoms with Gasteiger partial charge in [-0.2, -0.15) is 0 Å². The van der Waals surface area contributed by atoms with Crippen LogP contribution < -0.4 is 0 Å². The van der Waals surface area contributed by atoms with Crippen molar-refractivity contribution in [2.24, 2.45) is 17.3 Å². The normalized spacial score (nSPS) is 24.5. The molecule has 1 aromatic carbocycles. The summed E-state index contributed by atoms with van der Waals surface area (Å²) in [4.78, 5) is 2.50. The second kappa shape index (κ2) is 6.58. The number of aromatic nitrogens is 1. The summed E-state index contributed by atoms with van der Waals surface area (Å²) in [6.45, 7) is 9.31. The van der Waals surface area contributed by atoms with Crippen LogP contribution in [0.25, 0.3) is 11.3 Å². The first kappa shape index (κ1) is 17.3. The molecule has 2 unspecified atom stereocenters. The Morgan fingerprint density at radius 3 is 2.68 bits per heavy atom. The van der Waals surface area contributed by atoms with Crippen LogP contribution in [0.15, 0.2) is 28.8 Å². The Hall–Kier alpha value is -1.07. The van der Waals surface area contributed by atoms with Crippen molar-refractivity contribution in [3.05, 3.63) is 40.1 Å². The van der Waals surface area contributed by atoms with E-state index < -0.39 is 0 Å². The summed E-state index contributed by atoms with van der Waals surface area (Å²) < 4.78 is 11.1. The van der Waals surface area contributed by atoms with Crippen molar-refractivity contribution in [3.8, 4) is 11.3 Å². The van der Waals surface area contributed by atoms with Crippen LogP contribution in [0.5, 0.6) is 0 Å². The monoisotopic (exact) mass is 380 g/mol. The van der Waals surface area contributed by atoms with Crippen LogP contribution in [0, 0.1) is 17.3 Å². The van der Waals surface area contributed by atoms with E-state index in [0.29, 0.717) is 34.4 Å². The minimum Gasteiger partial charge on any atom is -0.372 e. The van der Waals surface area contributed by atoms with Crippen molar-refractivity contribution >= 4 is 23.2 Å². The quantitative estimate of drug-likeness (QED) is 0.677. The number of hydrogen-bond acceptors (Lipinski definition) is 4. The lowest BCUT2D eigenvalue weighted by Gasteiger charge is -2.21. The zero-order valence-corrected chi connectivity index (χ0v) is 16.0. The molecule has 2 heterocycles. The van der Waals surface area contributed by atoms with Gasteiger partial charge in [-0.3, -0.25) is 0 Å². The topological polar surface area (TPSA) is 38.5 Å². The Morgan fingerprint density at radius 1 is 1.20 bits per heavy atom. The molecule has 0 amide bonds. The molecule has 0 N–H and O–H groups in total. The molecule has 2 aromatic rings. The first-order chi connectivity index (χ1) is 11.9. The molecule has 4 rings (SSSR count). The third-order valence-corrected chi connectivity index (χ3v) is 6.51. The molecule has 1 saturated carbocycles. The van der Waals surface area contributed by atoms with Crippen molar-refractivity contribution in [2.45, 2.75) is 20.5 Å². The summed E-state index contributed by atoms with van der Waals surface area (Å²) in [5, 5.41) is 5.11. The Kier molecular flexibility index (Phi) is 4.57.